The fourth-order valence-electron chi connectivity index (χ4n) is 2.82. The lowest BCUT2D eigenvalue weighted by atomic mass is 9.58. The first-order chi connectivity index (χ1) is 6.14. The van der Waals surface area contributed by atoms with Crippen LogP contribution < -0.4 is 0 Å². The lowest BCUT2D eigenvalue weighted by Crippen LogP contribution is -2.53. The molecule has 2 aliphatic carbocycles. The summed E-state index contributed by atoms with van der Waals surface area (Å²) in [5.41, 5.74) is 0.921. The van der Waals surface area contributed by atoms with Crippen molar-refractivity contribution in [2.24, 2.45) is 11.8 Å². The van der Waals surface area contributed by atoms with Crippen molar-refractivity contribution in [1.82, 2.24) is 0 Å². The Kier molecular flexibility index (Phi) is 2.23. The summed E-state index contributed by atoms with van der Waals surface area (Å²) in [7, 11) is 0. The van der Waals surface area contributed by atoms with Crippen molar-refractivity contribution in [3.05, 3.63) is 11.6 Å². The van der Waals surface area contributed by atoms with E-state index in [1.54, 1.807) is 0 Å². The summed E-state index contributed by atoms with van der Waals surface area (Å²) in [6.45, 7) is 4.42. The van der Waals surface area contributed by atoms with E-state index in [-0.39, 0.29) is 0 Å². The van der Waals surface area contributed by atoms with Gasteiger partial charge in [-0.05, 0) is 49.5 Å². The van der Waals surface area contributed by atoms with Crippen LogP contribution in [0.1, 0.15) is 46.0 Å². The van der Waals surface area contributed by atoms with Crippen LogP contribution in [-0.2, 0) is 0 Å². The molecule has 0 bridgehead atoms. The van der Waals surface area contributed by atoms with Crippen LogP contribution in [0.3, 0.4) is 0 Å². The van der Waals surface area contributed by atoms with Gasteiger partial charge in [0, 0.05) is 0 Å². The zero-order valence-corrected chi connectivity index (χ0v) is 8.71. The van der Waals surface area contributed by atoms with Crippen molar-refractivity contribution >= 4 is 0 Å². The van der Waals surface area contributed by atoms with Gasteiger partial charge in [0.25, 0.3) is 0 Å². The maximum atomic E-state index is 10.4. The Morgan fingerprint density at radius 1 is 1.38 bits per heavy atom. The van der Waals surface area contributed by atoms with Gasteiger partial charge in [-0.3, -0.25) is 0 Å². The van der Waals surface area contributed by atoms with Crippen LogP contribution in [0, 0.1) is 11.8 Å². The van der Waals surface area contributed by atoms with Crippen LogP contribution in [0.5, 0.6) is 0 Å². The molecule has 0 radical (unpaired) electrons. The maximum absolute atomic E-state index is 10.4. The average Bonchev–Trinajstić information content (AvgIpc) is 2.19. The summed E-state index contributed by atoms with van der Waals surface area (Å²) in [5, 5.41) is 10.4. The van der Waals surface area contributed by atoms with Crippen molar-refractivity contribution in [2.45, 2.75) is 51.6 Å². The average molecular weight is 180 g/mol. The van der Waals surface area contributed by atoms with Gasteiger partial charge >= 0.3 is 0 Å². The molecule has 3 unspecified atom stereocenters. The van der Waals surface area contributed by atoms with Gasteiger partial charge in [0.2, 0.25) is 0 Å². The maximum Gasteiger partial charge on any atom is 0.0887 e. The van der Waals surface area contributed by atoms with Crippen molar-refractivity contribution in [1.29, 1.82) is 0 Å². The summed E-state index contributed by atoms with van der Waals surface area (Å²) in [5.74, 6) is 1.17. The zero-order valence-electron chi connectivity index (χ0n) is 8.71. The highest BCUT2D eigenvalue weighted by Crippen LogP contribution is 2.49. The summed E-state index contributed by atoms with van der Waals surface area (Å²) in [6.07, 6.45) is 8.16. The highest BCUT2D eigenvalue weighted by atomic mass is 16.3. The molecule has 0 aliphatic heterocycles. The van der Waals surface area contributed by atoms with Crippen LogP contribution in [0.2, 0.25) is 0 Å². The van der Waals surface area contributed by atoms with Gasteiger partial charge in [-0.2, -0.15) is 0 Å². The van der Waals surface area contributed by atoms with E-state index in [0.29, 0.717) is 11.8 Å². The van der Waals surface area contributed by atoms with E-state index in [9.17, 15) is 5.11 Å². The molecule has 0 aromatic carbocycles. The van der Waals surface area contributed by atoms with Gasteiger partial charge in [0.05, 0.1) is 5.60 Å². The molecule has 0 aromatic rings. The third-order valence-electron chi connectivity index (χ3n) is 4.09. The molecule has 2 aliphatic rings. The van der Waals surface area contributed by atoms with Crippen molar-refractivity contribution < 1.29 is 5.11 Å². The van der Waals surface area contributed by atoms with Gasteiger partial charge in [-0.25, -0.2) is 0 Å². The van der Waals surface area contributed by atoms with Gasteiger partial charge < -0.3 is 5.11 Å². The van der Waals surface area contributed by atoms with Crippen LogP contribution in [0.15, 0.2) is 11.6 Å². The van der Waals surface area contributed by atoms with Crippen molar-refractivity contribution in [2.75, 3.05) is 0 Å². The first-order valence-corrected chi connectivity index (χ1v) is 5.56. The van der Waals surface area contributed by atoms with Crippen LogP contribution >= 0.6 is 0 Å². The molecule has 1 heteroatoms. The predicted octanol–water partition coefficient (Wildman–Crippen LogP) is 2.89. The Labute approximate surface area is 80.8 Å². The van der Waals surface area contributed by atoms with E-state index in [4.69, 9.17) is 0 Å². The summed E-state index contributed by atoms with van der Waals surface area (Å²) < 4.78 is 0. The van der Waals surface area contributed by atoms with E-state index in [2.05, 4.69) is 19.9 Å². The van der Waals surface area contributed by atoms with Gasteiger partial charge in [-0.1, -0.05) is 19.9 Å². The molecule has 1 saturated carbocycles. The van der Waals surface area contributed by atoms with Crippen molar-refractivity contribution in [3.8, 4) is 0 Å². The summed E-state index contributed by atoms with van der Waals surface area (Å²) in [4.78, 5) is 0. The second-order valence-electron chi connectivity index (χ2n) is 4.87. The minimum Gasteiger partial charge on any atom is -0.385 e. The quantitative estimate of drug-likeness (QED) is 0.615. The third-order valence-corrected chi connectivity index (χ3v) is 4.09. The van der Waals surface area contributed by atoms with Gasteiger partial charge in [0.1, 0.15) is 0 Å². The first-order valence-electron chi connectivity index (χ1n) is 5.56. The SMILES string of the molecule is CC1CC(O)(C2=CCCCC2)C1C. The van der Waals surface area contributed by atoms with E-state index < -0.39 is 5.60 Å². The van der Waals surface area contributed by atoms with Crippen molar-refractivity contribution in [3.63, 3.8) is 0 Å². The zero-order chi connectivity index (χ0) is 9.47. The van der Waals surface area contributed by atoms with E-state index >= 15 is 0 Å². The molecule has 1 N–H and O–H groups in total. The molecule has 0 spiro atoms. The third kappa shape index (κ3) is 1.34. The molecule has 1 fully saturated rings. The molecule has 74 valence electrons. The molecule has 3 atom stereocenters. The fourth-order valence-corrected chi connectivity index (χ4v) is 2.82. The molecule has 2 rings (SSSR count). The van der Waals surface area contributed by atoms with E-state index in [1.165, 1.54) is 24.8 Å². The minimum atomic E-state index is -0.417. The monoisotopic (exact) mass is 180 g/mol. The number of allylic oxidation sites excluding steroid dienone is 1. The molecule has 0 saturated heterocycles. The highest BCUT2D eigenvalue weighted by molar-refractivity contribution is 5.25. The topological polar surface area (TPSA) is 20.2 Å². The van der Waals surface area contributed by atoms with Gasteiger partial charge in [0.15, 0.2) is 0 Å². The first kappa shape index (κ1) is 9.26. The molecule has 0 heterocycles. The molecule has 0 amide bonds. The molecular formula is C12H20O. The number of hydrogen-bond acceptors (Lipinski definition) is 1. The summed E-state index contributed by atoms with van der Waals surface area (Å²) in [6, 6.07) is 0. The fraction of sp³-hybridized carbons (Fsp3) is 0.833. The van der Waals surface area contributed by atoms with Gasteiger partial charge in [-0.15, -0.1) is 0 Å². The Morgan fingerprint density at radius 2 is 2.15 bits per heavy atom. The number of hydrogen-bond donors (Lipinski definition) is 1. The Morgan fingerprint density at radius 3 is 2.62 bits per heavy atom. The van der Waals surface area contributed by atoms with E-state index in [0.717, 1.165) is 12.8 Å². The Bertz CT molecular complexity index is 231. The molecule has 0 aromatic heterocycles. The smallest absolute Gasteiger partial charge is 0.0887 e. The molecule has 13 heavy (non-hydrogen) atoms. The predicted molar refractivity (Wildman–Crippen MR) is 54.4 cm³/mol. The molecular weight excluding hydrogens is 160 g/mol. The Balaban J connectivity index is 2.11. The minimum absolute atomic E-state index is 0.417. The second-order valence-corrected chi connectivity index (χ2v) is 4.87. The lowest BCUT2D eigenvalue weighted by Gasteiger charge is -2.51. The highest BCUT2D eigenvalue weighted by Gasteiger charge is 2.49. The van der Waals surface area contributed by atoms with Crippen LogP contribution in [0.25, 0.3) is 0 Å². The number of rotatable bonds is 1. The van der Waals surface area contributed by atoms with Crippen LogP contribution in [0.4, 0.5) is 0 Å². The normalized spacial score (nSPS) is 45.3. The largest absolute Gasteiger partial charge is 0.385 e. The summed E-state index contributed by atoms with van der Waals surface area (Å²) >= 11 is 0. The molecule has 1 nitrogen and oxygen atoms in total. The van der Waals surface area contributed by atoms with E-state index in [1.807, 2.05) is 0 Å². The Hall–Kier alpha value is -0.300. The standard InChI is InChI=1S/C12H20O/c1-9-8-12(13,10(9)2)11-6-4-3-5-7-11/h6,9-10,13H,3-5,7-8H2,1-2H3. The second kappa shape index (κ2) is 3.13. The lowest BCUT2D eigenvalue weighted by molar-refractivity contribution is -0.0969. The van der Waals surface area contributed by atoms with Crippen LogP contribution in [-0.4, -0.2) is 10.7 Å². The number of aliphatic hydroxyl groups is 1.